The summed E-state index contributed by atoms with van der Waals surface area (Å²) in [5, 5.41) is 5.81. The molecule has 0 N–H and O–H groups in total. The number of rotatable bonds is 3. The fourth-order valence-electron chi connectivity index (χ4n) is 7.12. The van der Waals surface area contributed by atoms with Gasteiger partial charge in [-0.25, -0.2) is 9.97 Å². The summed E-state index contributed by atoms with van der Waals surface area (Å²) < 4.78 is 2.46. The van der Waals surface area contributed by atoms with Crippen LogP contribution >= 0.6 is 0 Å². The number of benzene rings is 5. The Balaban J connectivity index is 1.36. The van der Waals surface area contributed by atoms with Gasteiger partial charge in [-0.05, 0) is 65.0 Å². The topological polar surface area (TPSA) is 34.0 Å². The van der Waals surface area contributed by atoms with Crippen molar-refractivity contribution in [1.29, 1.82) is 0 Å². The average Bonchev–Trinajstić information content (AvgIpc) is 3.38. The van der Waals surface area contributed by atoms with Gasteiger partial charge in [0.25, 0.3) is 0 Å². The normalized spacial score (nSPS) is 13.5. The van der Waals surface area contributed by atoms with Gasteiger partial charge in [0.2, 0.25) is 0 Å². The largest absolute Gasteiger partial charge is 0.309 e. The highest BCUT2D eigenvalue weighted by Gasteiger charge is 2.35. The SMILES string of the molecule is CC1(C)c2ccccc2-n2c3ccc(N(c4ccc5ccccc5n4)c4nccc5ccccc45)cc3c3cccc1c32. The summed E-state index contributed by atoms with van der Waals surface area (Å²) in [4.78, 5) is 12.3. The first-order chi connectivity index (χ1) is 21.1. The van der Waals surface area contributed by atoms with Crippen LogP contribution in [0.25, 0.3) is 49.2 Å². The molecule has 9 rings (SSSR count). The number of hydrogen-bond donors (Lipinski definition) is 0. The van der Waals surface area contributed by atoms with E-state index < -0.39 is 0 Å². The van der Waals surface area contributed by atoms with Gasteiger partial charge in [-0.1, -0.05) is 92.7 Å². The molecule has 8 aromatic rings. The third-order valence-corrected chi connectivity index (χ3v) is 9.20. The Hall–Kier alpha value is -5.48. The van der Waals surface area contributed by atoms with Crippen LogP contribution in [0.5, 0.6) is 0 Å². The molecule has 5 aromatic carbocycles. The van der Waals surface area contributed by atoms with Gasteiger partial charge >= 0.3 is 0 Å². The molecule has 0 aliphatic carbocycles. The van der Waals surface area contributed by atoms with Gasteiger partial charge in [0.05, 0.1) is 22.2 Å². The molecule has 0 saturated carbocycles. The summed E-state index contributed by atoms with van der Waals surface area (Å²) >= 11 is 0. The Labute approximate surface area is 249 Å². The number of pyridine rings is 2. The van der Waals surface area contributed by atoms with Crippen molar-refractivity contribution in [3.05, 3.63) is 145 Å². The van der Waals surface area contributed by atoms with E-state index in [1.807, 2.05) is 12.3 Å². The number of anilines is 3. The summed E-state index contributed by atoms with van der Waals surface area (Å²) in [6, 6.07) is 45.4. The lowest BCUT2D eigenvalue weighted by atomic mass is 9.75. The summed E-state index contributed by atoms with van der Waals surface area (Å²) in [6.07, 6.45) is 1.89. The van der Waals surface area contributed by atoms with Crippen LogP contribution in [0, 0.1) is 0 Å². The van der Waals surface area contributed by atoms with Gasteiger partial charge in [-0.3, -0.25) is 4.90 Å². The van der Waals surface area contributed by atoms with Crippen LogP contribution in [0.2, 0.25) is 0 Å². The Morgan fingerprint density at radius 2 is 1.40 bits per heavy atom. The zero-order valence-electron chi connectivity index (χ0n) is 24.0. The van der Waals surface area contributed by atoms with Crippen molar-refractivity contribution in [2.45, 2.75) is 19.3 Å². The molecule has 43 heavy (non-hydrogen) atoms. The van der Waals surface area contributed by atoms with E-state index in [0.29, 0.717) is 0 Å². The van der Waals surface area contributed by atoms with Crippen LogP contribution in [0.3, 0.4) is 0 Å². The van der Waals surface area contributed by atoms with E-state index in [2.05, 4.69) is 145 Å². The molecule has 4 nitrogen and oxygen atoms in total. The predicted octanol–water partition coefficient (Wildman–Crippen LogP) is 9.99. The third kappa shape index (κ3) is 3.38. The van der Waals surface area contributed by atoms with Crippen molar-refractivity contribution >= 4 is 60.8 Å². The van der Waals surface area contributed by atoms with E-state index in [-0.39, 0.29) is 5.41 Å². The van der Waals surface area contributed by atoms with E-state index in [1.54, 1.807) is 0 Å². The van der Waals surface area contributed by atoms with Gasteiger partial charge in [-0.2, -0.15) is 0 Å². The highest BCUT2D eigenvalue weighted by molar-refractivity contribution is 6.13. The van der Waals surface area contributed by atoms with E-state index in [9.17, 15) is 0 Å². The van der Waals surface area contributed by atoms with Crippen LogP contribution in [-0.4, -0.2) is 14.5 Å². The quantitative estimate of drug-likeness (QED) is 0.219. The Bertz CT molecular complexity index is 2390. The first-order valence-electron chi connectivity index (χ1n) is 14.8. The lowest BCUT2D eigenvalue weighted by Crippen LogP contribution is -2.26. The monoisotopic (exact) mass is 552 g/mol. The molecular weight excluding hydrogens is 524 g/mol. The molecule has 1 aliphatic heterocycles. The van der Waals surface area contributed by atoms with Crippen LogP contribution in [0.1, 0.15) is 25.0 Å². The minimum atomic E-state index is -0.1000. The summed E-state index contributed by atoms with van der Waals surface area (Å²) in [6.45, 7) is 4.68. The zero-order valence-corrected chi connectivity index (χ0v) is 24.0. The second kappa shape index (κ2) is 8.76. The van der Waals surface area contributed by atoms with Crippen molar-refractivity contribution < 1.29 is 0 Å². The molecule has 204 valence electrons. The van der Waals surface area contributed by atoms with Gasteiger partial charge < -0.3 is 4.57 Å². The molecule has 0 spiro atoms. The van der Waals surface area contributed by atoms with Crippen LogP contribution in [0.15, 0.2) is 134 Å². The van der Waals surface area contributed by atoms with Crippen molar-refractivity contribution in [3.8, 4) is 5.69 Å². The number of fused-ring (bicyclic) bond motifs is 7. The Morgan fingerprint density at radius 3 is 2.33 bits per heavy atom. The maximum atomic E-state index is 5.15. The average molecular weight is 553 g/mol. The lowest BCUT2D eigenvalue weighted by molar-refractivity contribution is 0.630. The van der Waals surface area contributed by atoms with E-state index >= 15 is 0 Å². The fourth-order valence-corrected chi connectivity index (χ4v) is 7.12. The molecule has 0 radical (unpaired) electrons. The molecule has 1 aliphatic rings. The second-order valence-electron chi connectivity index (χ2n) is 11.9. The number of hydrogen-bond acceptors (Lipinski definition) is 3. The van der Waals surface area contributed by atoms with E-state index in [4.69, 9.17) is 9.97 Å². The minimum absolute atomic E-state index is 0.1000. The summed E-state index contributed by atoms with van der Waals surface area (Å²) in [5.41, 5.74) is 8.32. The molecule has 4 heteroatoms. The molecule has 0 saturated heterocycles. The first kappa shape index (κ1) is 24.2. The van der Waals surface area contributed by atoms with Crippen molar-refractivity contribution in [3.63, 3.8) is 0 Å². The smallest absolute Gasteiger partial charge is 0.146 e. The summed E-state index contributed by atoms with van der Waals surface area (Å²) in [5.74, 6) is 1.70. The lowest BCUT2D eigenvalue weighted by Gasteiger charge is -2.34. The summed E-state index contributed by atoms with van der Waals surface area (Å²) in [7, 11) is 0. The third-order valence-electron chi connectivity index (χ3n) is 9.20. The molecular formula is C39H28N4. The van der Waals surface area contributed by atoms with Gasteiger partial charge in [-0.15, -0.1) is 0 Å². The van der Waals surface area contributed by atoms with Gasteiger partial charge in [0.1, 0.15) is 11.6 Å². The number of para-hydroxylation sites is 3. The maximum Gasteiger partial charge on any atom is 0.146 e. The van der Waals surface area contributed by atoms with Crippen molar-refractivity contribution in [2.75, 3.05) is 4.90 Å². The molecule has 0 unspecified atom stereocenters. The Kier molecular flexibility index (Phi) is 4.92. The fraction of sp³-hybridized carbons (Fsp3) is 0.0769. The van der Waals surface area contributed by atoms with Gasteiger partial charge in [0, 0.05) is 38.8 Å². The van der Waals surface area contributed by atoms with Crippen LogP contribution < -0.4 is 4.90 Å². The highest BCUT2D eigenvalue weighted by Crippen LogP contribution is 2.48. The molecule has 0 amide bonds. The highest BCUT2D eigenvalue weighted by atomic mass is 15.2. The molecule has 0 fully saturated rings. The molecule has 0 bridgehead atoms. The van der Waals surface area contributed by atoms with Crippen LogP contribution in [0.4, 0.5) is 17.3 Å². The van der Waals surface area contributed by atoms with Crippen molar-refractivity contribution in [1.82, 2.24) is 14.5 Å². The maximum absolute atomic E-state index is 5.15. The van der Waals surface area contributed by atoms with Gasteiger partial charge in [0.15, 0.2) is 0 Å². The molecule has 4 heterocycles. The van der Waals surface area contributed by atoms with E-state index in [0.717, 1.165) is 39.0 Å². The van der Waals surface area contributed by atoms with E-state index in [1.165, 1.54) is 38.6 Å². The molecule has 0 atom stereocenters. The first-order valence-corrected chi connectivity index (χ1v) is 14.8. The number of nitrogens with zero attached hydrogens (tertiary/aromatic N) is 4. The Morgan fingerprint density at radius 1 is 0.628 bits per heavy atom. The molecule has 3 aromatic heterocycles. The van der Waals surface area contributed by atoms with Crippen LogP contribution in [-0.2, 0) is 5.41 Å². The zero-order chi connectivity index (χ0) is 28.7. The second-order valence-corrected chi connectivity index (χ2v) is 11.9. The predicted molar refractivity (Wildman–Crippen MR) is 178 cm³/mol. The minimum Gasteiger partial charge on any atom is -0.309 e. The standard InChI is InChI=1S/C39H28N4/c1-39(2)31-14-6-8-17-35(31)43-34-20-19-27(24-30(34)29-13-9-15-32(39)37(29)43)42(36-21-18-26-11-4-7-16-33(26)41-36)38-28-12-5-3-10-25(28)22-23-40-38/h3-24H,1-2H3. The number of aromatic nitrogens is 3. The van der Waals surface area contributed by atoms with Crippen molar-refractivity contribution in [2.24, 2.45) is 0 Å².